The van der Waals surface area contributed by atoms with Crippen molar-refractivity contribution in [2.75, 3.05) is 0 Å². The van der Waals surface area contributed by atoms with E-state index >= 15 is 0 Å². The monoisotopic (exact) mass is 280 g/mol. The first kappa shape index (κ1) is 13.4. The number of amides is 1. The van der Waals surface area contributed by atoms with Crippen LogP contribution in [0.4, 0.5) is 0 Å². The van der Waals surface area contributed by atoms with Crippen LogP contribution < -0.4 is 5.48 Å². The third-order valence-corrected chi connectivity index (χ3v) is 3.61. The molecule has 4 heteroatoms. The molecule has 1 aromatic heterocycles. The van der Waals surface area contributed by atoms with Crippen molar-refractivity contribution in [2.24, 2.45) is 0 Å². The quantitative estimate of drug-likeness (QED) is 0.572. The number of benzene rings is 2. The van der Waals surface area contributed by atoms with Crippen molar-refractivity contribution in [1.29, 1.82) is 0 Å². The predicted octanol–water partition coefficient (Wildman–Crippen LogP) is 3.12. The number of hydrogen-bond acceptors (Lipinski definition) is 2. The van der Waals surface area contributed by atoms with Crippen LogP contribution in [0.3, 0.4) is 0 Å². The molecule has 0 spiro atoms. The van der Waals surface area contributed by atoms with E-state index in [4.69, 9.17) is 5.21 Å². The summed E-state index contributed by atoms with van der Waals surface area (Å²) >= 11 is 0. The molecule has 0 atom stereocenters. The van der Waals surface area contributed by atoms with Gasteiger partial charge in [0, 0.05) is 23.8 Å². The highest BCUT2D eigenvalue weighted by molar-refractivity contribution is 5.97. The van der Waals surface area contributed by atoms with E-state index in [0.717, 1.165) is 17.4 Å². The Kier molecular flexibility index (Phi) is 3.46. The first-order chi connectivity index (χ1) is 10.2. The van der Waals surface area contributed by atoms with Gasteiger partial charge in [0.25, 0.3) is 5.91 Å². The van der Waals surface area contributed by atoms with E-state index in [2.05, 4.69) is 35.8 Å². The maximum Gasteiger partial charge on any atom is 0.274 e. The van der Waals surface area contributed by atoms with Crippen molar-refractivity contribution in [3.05, 3.63) is 71.4 Å². The number of aromatic nitrogens is 1. The van der Waals surface area contributed by atoms with Gasteiger partial charge in [0.1, 0.15) is 0 Å². The smallest absolute Gasteiger partial charge is 0.274 e. The van der Waals surface area contributed by atoms with Gasteiger partial charge in [-0.3, -0.25) is 10.0 Å². The Bertz CT molecular complexity index is 788. The number of hydrogen-bond donors (Lipinski definition) is 2. The molecule has 0 aliphatic heterocycles. The number of hydroxylamine groups is 1. The summed E-state index contributed by atoms with van der Waals surface area (Å²) in [5, 5.41) is 9.80. The highest BCUT2D eigenvalue weighted by atomic mass is 16.5. The normalized spacial score (nSPS) is 10.8. The largest absolute Gasteiger partial charge is 0.343 e. The number of aryl methyl sites for hydroxylation is 1. The molecule has 21 heavy (non-hydrogen) atoms. The van der Waals surface area contributed by atoms with Crippen molar-refractivity contribution in [3.8, 4) is 0 Å². The van der Waals surface area contributed by atoms with E-state index in [9.17, 15) is 4.79 Å². The Balaban J connectivity index is 1.98. The summed E-state index contributed by atoms with van der Waals surface area (Å²) in [6, 6.07) is 15.8. The Morgan fingerprint density at radius 3 is 2.62 bits per heavy atom. The Morgan fingerprint density at radius 1 is 1.14 bits per heavy atom. The van der Waals surface area contributed by atoms with Crippen LogP contribution >= 0.6 is 0 Å². The van der Waals surface area contributed by atoms with E-state index < -0.39 is 5.91 Å². The van der Waals surface area contributed by atoms with Gasteiger partial charge in [-0.1, -0.05) is 35.9 Å². The molecule has 1 heterocycles. The van der Waals surface area contributed by atoms with Gasteiger partial charge in [-0.2, -0.15) is 0 Å². The summed E-state index contributed by atoms with van der Waals surface area (Å²) in [6.45, 7) is 2.81. The number of carbonyl (C=O) groups is 1. The lowest BCUT2D eigenvalue weighted by molar-refractivity contribution is 0.0706. The Hall–Kier alpha value is -2.59. The van der Waals surface area contributed by atoms with Gasteiger partial charge in [-0.15, -0.1) is 0 Å². The average molecular weight is 280 g/mol. The van der Waals surface area contributed by atoms with Crippen LogP contribution in [0.1, 0.15) is 21.5 Å². The van der Waals surface area contributed by atoms with Gasteiger partial charge in [-0.25, -0.2) is 5.48 Å². The maximum atomic E-state index is 11.5. The summed E-state index contributed by atoms with van der Waals surface area (Å²) < 4.78 is 2.09. The number of nitrogens with zero attached hydrogens (tertiary/aromatic N) is 1. The molecule has 0 saturated heterocycles. The molecule has 0 saturated carbocycles. The second-order valence-electron chi connectivity index (χ2n) is 5.14. The molecule has 0 aliphatic carbocycles. The summed E-state index contributed by atoms with van der Waals surface area (Å²) in [5.74, 6) is -0.500. The second kappa shape index (κ2) is 5.42. The molecular formula is C17H16N2O2. The zero-order chi connectivity index (χ0) is 14.8. The fourth-order valence-electron chi connectivity index (χ4n) is 2.42. The van der Waals surface area contributed by atoms with E-state index in [1.165, 1.54) is 11.1 Å². The standard InChI is InChI=1S/C17H16N2O2/c1-12-2-4-13(5-3-12)11-19-9-8-14-6-7-15(10-16(14)19)17(20)18-21/h2-10,21H,11H2,1H3,(H,18,20). The minimum Gasteiger partial charge on any atom is -0.343 e. The summed E-state index contributed by atoms with van der Waals surface area (Å²) in [4.78, 5) is 11.5. The van der Waals surface area contributed by atoms with Crippen LogP contribution in [0.2, 0.25) is 0 Å². The predicted molar refractivity (Wildman–Crippen MR) is 81.5 cm³/mol. The van der Waals surface area contributed by atoms with Crippen molar-refractivity contribution in [2.45, 2.75) is 13.5 Å². The molecule has 2 aromatic carbocycles. The topological polar surface area (TPSA) is 54.3 Å². The zero-order valence-electron chi connectivity index (χ0n) is 11.7. The van der Waals surface area contributed by atoms with Gasteiger partial charge in [-0.05, 0) is 36.1 Å². The fraction of sp³-hybridized carbons (Fsp3) is 0.118. The highest BCUT2D eigenvalue weighted by Gasteiger charge is 2.08. The third-order valence-electron chi connectivity index (χ3n) is 3.61. The van der Waals surface area contributed by atoms with Gasteiger partial charge in [0.05, 0.1) is 0 Å². The summed E-state index contributed by atoms with van der Waals surface area (Å²) in [7, 11) is 0. The van der Waals surface area contributed by atoms with Gasteiger partial charge in [0.15, 0.2) is 0 Å². The van der Waals surface area contributed by atoms with E-state index in [1.54, 1.807) is 17.6 Å². The molecular weight excluding hydrogens is 264 g/mol. The van der Waals surface area contributed by atoms with Crippen LogP contribution in [0.15, 0.2) is 54.7 Å². The fourth-order valence-corrected chi connectivity index (χ4v) is 2.42. The summed E-state index contributed by atoms with van der Waals surface area (Å²) in [5.41, 5.74) is 5.51. The van der Waals surface area contributed by atoms with Crippen molar-refractivity contribution in [3.63, 3.8) is 0 Å². The second-order valence-corrected chi connectivity index (χ2v) is 5.14. The van der Waals surface area contributed by atoms with Crippen LogP contribution in [0.5, 0.6) is 0 Å². The molecule has 0 unspecified atom stereocenters. The van der Waals surface area contributed by atoms with Crippen LogP contribution in [-0.2, 0) is 6.54 Å². The lowest BCUT2D eigenvalue weighted by Crippen LogP contribution is -2.18. The Labute approximate surface area is 122 Å². The zero-order valence-corrected chi connectivity index (χ0v) is 11.7. The minimum absolute atomic E-state index is 0.439. The van der Waals surface area contributed by atoms with Crippen molar-refractivity contribution < 1.29 is 10.0 Å². The Morgan fingerprint density at radius 2 is 1.90 bits per heavy atom. The number of rotatable bonds is 3. The SMILES string of the molecule is Cc1ccc(Cn2ccc3ccc(C(=O)NO)cc32)cc1. The van der Waals surface area contributed by atoms with Gasteiger partial charge in [0.2, 0.25) is 0 Å². The first-order valence-electron chi connectivity index (χ1n) is 6.76. The van der Waals surface area contributed by atoms with Crippen molar-refractivity contribution >= 4 is 16.8 Å². The molecule has 106 valence electrons. The molecule has 0 bridgehead atoms. The van der Waals surface area contributed by atoms with E-state index in [-0.39, 0.29) is 0 Å². The van der Waals surface area contributed by atoms with Crippen LogP contribution in [0, 0.1) is 6.92 Å². The third kappa shape index (κ3) is 2.66. The van der Waals surface area contributed by atoms with Gasteiger partial charge < -0.3 is 4.57 Å². The molecule has 3 rings (SSSR count). The maximum absolute atomic E-state index is 11.5. The highest BCUT2D eigenvalue weighted by Crippen LogP contribution is 2.19. The number of carbonyl (C=O) groups excluding carboxylic acids is 1. The minimum atomic E-state index is -0.500. The molecule has 0 radical (unpaired) electrons. The average Bonchev–Trinajstić information content (AvgIpc) is 2.91. The molecule has 0 aliphatic rings. The van der Waals surface area contributed by atoms with Crippen LogP contribution in [-0.4, -0.2) is 15.7 Å². The number of nitrogens with one attached hydrogen (secondary N) is 1. The van der Waals surface area contributed by atoms with Crippen LogP contribution in [0.25, 0.3) is 10.9 Å². The molecule has 2 N–H and O–H groups in total. The lowest BCUT2D eigenvalue weighted by Gasteiger charge is -2.07. The molecule has 1 amide bonds. The lowest BCUT2D eigenvalue weighted by atomic mass is 10.1. The molecule has 0 fully saturated rings. The number of fused-ring (bicyclic) bond motifs is 1. The molecule has 4 nitrogen and oxygen atoms in total. The molecule has 3 aromatic rings. The van der Waals surface area contributed by atoms with Gasteiger partial charge >= 0.3 is 0 Å². The first-order valence-corrected chi connectivity index (χ1v) is 6.76. The summed E-state index contributed by atoms with van der Waals surface area (Å²) in [6.07, 6.45) is 2.01. The van der Waals surface area contributed by atoms with E-state index in [0.29, 0.717) is 5.56 Å². The van der Waals surface area contributed by atoms with E-state index in [1.807, 2.05) is 18.3 Å². The van der Waals surface area contributed by atoms with Crippen molar-refractivity contribution in [1.82, 2.24) is 10.0 Å².